The Labute approximate surface area is 137 Å². The van der Waals surface area contributed by atoms with E-state index in [0.717, 1.165) is 18.5 Å². The molecule has 3 rings (SSSR count). The van der Waals surface area contributed by atoms with Gasteiger partial charge in [0, 0.05) is 22.4 Å². The highest BCUT2D eigenvalue weighted by atomic mass is 79.9. The van der Waals surface area contributed by atoms with Crippen molar-refractivity contribution in [3.8, 4) is 0 Å². The number of rotatable bonds is 3. The predicted molar refractivity (Wildman–Crippen MR) is 88.2 cm³/mol. The van der Waals surface area contributed by atoms with Gasteiger partial charge in [0.2, 0.25) is 0 Å². The summed E-state index contributed by atoms with van der Waals surface area (Å²) in [7, 11) is 0. The molecule has 7 heteroatoms. The minimum absolute atomic E-state index is 0. The predicted octanol–water partition coefficient (Wildman–Crippen LogP) is 3.63. The Morgan fingerprint density at radius 3 is 2.85 bits per heavy atom. The molecule has 3 nitrogen and oxygen atoms in total. The number of hydrogen-bond acceptors (Lipinski definition) is 4. The second-order valence-electron chi connectivity index (χ2n) is 4.75. The van der Waals surface area contributed by atoms with Gasteiger partial charge in [-0.05, 0) is 25.0 Å². The number of hydrogen-bond donors (Lipinski definition) is 1. The number of amidine groups is 1. The van der Waals surface area contributed by atoms with Gasteiger partial charge in [0.25, 0.3) is 0 Å². The van der Waals surface area contributed by atoms with Crippen LogP contribution in [0.4, 0.5) is 4.39 Å². The van der Waals surface area contributed by atoms with Gasteiger partial charge in [0.05, 0.1) is 13.3 Å². The number of thioether (sulfide) groups is 1. The lowest BCUT2D eigenvalue weighted by molar-refractivity contribution is 0.256. The summed E-state index contributed by atoms with van der Waals surface area (Å²) >= 11 is 7.50. The molecule has 0 saturated heterocycles. The molecular weight excluding hydrogens is 365 g/mol. The van der Waals surface area contributed by atoms with Crippen molar-refractivity contribution in [1.82, 2.24) is 10.2 Å². The van der Waals surface area contributed by atoms with Gasteiger partial charge in [-0.25, -0.2) is 9.38 Å². The second kappa shape index (κ2) is 7.11. The summed E-state index contributed by atoms with van der Waals surface area (Å²) < 4.78 is 13.6. The summed E-state index contributed by atoms with van der Waals surface area (Å²) in [6.07, 6.45) is 2.56. The first-order valence-corrected chi connectivity index (χ1v) is 7.68. The normalized spacial score (nSPS) is 19.0. The number of nitrogens with one attached hydrogen (secondary N) is 1. The molecule has 1 heterocycles. The van der Waals surface area contributed by atoms with Crippen molar-refractivity contribution in [2.75, 3.05) is 13.3 Å². The average molecular weight is 381 g/mol. The smallest absolute Gasteiger partial charge is 0.159 e. The molecule has 110 valence electrons. The maximum atomic E-state index is 13.6. The van der Waals surface area contributed by atoms with Crippen LogP contribution in [0.5, 0.6) is 0 Å². The molecule has 0 unspecified atom stereocenters. The highest BCUT2D eigenvalue weighted by molar-refractivity contribution is 8.93. The lowest BCUT2D eigenvalue weighted by atomic mass is 10.2. The molecule has 1 saturated carbocycles. The van der Waals surface area contributed by atoms with E-state index in [-0.39, 0.29) is 22.8 Å². The monoisotopic (exact) mass is 379 g/mol. The summed E-state index contributed by atoms with van der Waals surface area (Å²) in [4.78, 5) is 6.80. The first kappa shape index (κ1) is 16.1. The van der Waals surface area contributed by atoms with Crippen LogP contribution in [0.1, 0.15) is 18.4 Å². The third kappa shape index (κ3) is 3.87. The van der Waals surface area contributed by atoms with Crippen molar-refractivity contribution >= 4 is 45.5 Å². The van der Waals surface area contributed by atoms with Gasteiger partial charge in [-0.2, -0.15) is 0 Å². The topological polar surface area (TPSA) is 27.6 Å². The fraction of sp³-hybridized carbons (Fsp3) is 0.462. The summed E-state index contributed by atoms with van der Waals surface area (Å²) in [5.41, 5.74) is 0.545. The molecule has 1 aliphatic carbocycles. The van der Waals surface area contributed by atoms with Crippen molar-refractivity contribution in [2.24, 2.45) is 4.99 Å². The van der Waals surface area contributed by atoms with E-state index in [9.17, 15) is 4.39 Å². The standard InChI is InChI=1S/C13H15ClFN3S.BrH/c14-11-2-1-3-12(15)10(11)6-19-13-16-7-18(8-17-13)9-4-5-9;/h1-3,9H,4-8H2,(H,16,17);1H. The minimum atomic E-state index is -0.254. The molecule has 0 bridgehead atoms. The van der Waals surface area contributed by atoms with Crippen LogP contribution >= 0.6 is 40.3 Å². The molecule has 0 aromatic heterocycles. The highest BCUT2D eigenvalue weighted by Gasteiger charge is 2.30. The van der Waals surface area contributed by atoms with Crippen LogP contribution in [-0.4, -0.2) is 29.4 Å². The van der Waals surface area contributed by atoms with Crippen molar-refractivity contribution in [2.45, 2.75) is 24.6 Å². The number of benzene rings is 1. The molecule has 0 atom stereocenters. The molecule has 1 fully saturated rings. The third-order valence-corrected chi connectivity index (χ3v) is 4.64. The maximum Gasteiger partial charge on any atom is 0.159 e. The minimum Gasteiger partial charge on any atom is -0.352 e. The average Bonchev–Trinajstić information content (AvgIpc) is 3.23. The van der Waals surface area contributed by atoms with Crippen LogP contribution in [0.25, 0.3) is 0 Å². The Balaban J connectivity index is 0.00000147. The first-order valence-electron chi connectivity index (χ1n) is 6.32. The van der Waals surface area contributed by atoms with E-state index in [2.05, 4.69) is 15.2 Å². The SMILES string of the molecule is Br.Fc1cccc(Cl)c1CSC1=NCN(C2CC2)CN1. The van der Waals surface area contributed by atoms with E-state index < -0.39 is 0 Å². The van der Waals surface area contributed by atoms with Crippen molar-refractivity contribution in [3.05, 3.63) is 34.6 Å². The Kier molecular flexibility index (Phi) is 5.72. The van der Waals surface area contributed by atoms with E-state index in [0.29, 0.717) is 22.4 Å². The molecule has 1 aromatic rings. The van der Waals surface area contributed by atoms with Crippen molar-refractivity contribution < 1.29 is 4.39 Å². The van der Waals surface area contributed by atoms with Crippen LogP contribution in [0, 0.1) is 5.82 Å². The number of nitrogens with zero attached hydrogens (tertiary/aromatic N) is 2. The van der Waals surface area contributed by atoms with E-state index in [4.69, 9.17) is 11.6 Å². The number of aliphatic imine (C=N–C) groups is 1. The van der Waals surface area contributed by atoms with Crippen LogP contribution in [0.15, 0.2) is 23.2 Å². The molecule has 1 aliphatic heterocycles. The zero-order valence-corrected chi connectivity index (χ0v) is 14.1. The largest absolute Gasteiger partial charge is 0.352 e. The third-order valence-electron chi connectivity index (χ3n) is 3.31. The summed E-state index contributed by atoms with van der Waals surface area (Å²) in [5.74, 6) is 0.247. The molecule has 0 amide bonds. The Bertz CT molecular complexity index is 490. The summed E-state index contributed by atoms with van der Waals surface area (Å²) in [5, 5.41) is 4.62. The highest BCUT2D eigenvalue weighted by Crippen LogP contribution is 2.28. The molecule has 2 aliphatic rings. The lowest BCUT2D eigenvalue weighted by Gasteiger charge is -2.26. The van der Waals surface area contributed by atoms with E-state index >= 15 is 0 Å². The Morgan fingerprint density at radius 2 is 2.25 bits per heavy atom. The van der Waals surface area contributed by atoms with Gasteiger partial charge in [-0.1, -0.05) is 29.4 Å². The van der Waals surface area contributed by atoms with E-state index in [1.807, 2.05) is 0 Å². The van der Waals surface area contributed by atoms with Gasteiger partial charge >= 0.3 is 0 Å². The summed E-state index contributed by atoms with van der Waals surface area (Å²) in [6, 6.07) is 5.48. The quantitative estimate of drug-likeness (QED) is 0.868. The number of halogens is 3. The van der Waals surface area contributed by atoms with Gasteiger partial charge < -0.3 is 5.32 Å². The Hall–Kier alpha value is -0.300. The van der Waals surface area contributed by atoms with E-state index in [1.165, 1.54) is 30.7 Å². The zero-order valence-electron chi connectivity index (χ0n) is 10.8. The van der Waals surface area contributed by atoms with Gasteiger partial charge in [0.15, 0.2) is 5.17 Å². The van der Waals surface area contributed by atoms with Gasteiger partial charge in [-0.3, -0.25) is 4.90 Å². The lowest BCUT2D eigenvalue weighted by Crippen LogP contribution is -2.42. The molecule has 0 radical (unpaired) electrons. The zero-order chi connectivity index (χ0) is 13.2. The van der Waals surface area contributed by atoms with Crippen LogP contribution in [-0.2, 0) is 5.75 Å². The Morgan fingerprint density at radius 1 is 1.45 bits per heavy atom. The van der Waals surface area contributed by atoms with E-state index in [1.54, 1.807) is 12.1 Å². The maximum absolute atomic E-state index is 13.6. The molecule has 0 spiro atoms. The first-order chi connectivity index (χ1) is 9.24. The van der Waals surface area contributed by atoms with Crippen LogP contribution in [0.3, 0.4) is 0 Å². The fourth-order valence-electron chi connectivity index (χ4n) is 2.02. The molecule has 20 heavy (non-hydrogen) atoms. The van der Waals surface area contributed by atoms with Crippen molar-refractivity contribution in [3.63, 3.8) is 0 Å². The second-order valence-corrected chi connectivity index (χ2v) is 6.12. The fourth-order valence-corrected chi connectivity index (χ4v) is 3.22. The van der Waals surface area contributed by atoms with Crippen LogP contribution < -0.4 is 5.32 Å². The van der Waals surface area contributed by atoms with Gasteiger partial charge in [0.1, 0.15) is 5.82 Å². The van der Waals surface area contributed by atoms with Crippen LogP contribution in [0.2, 0.25) is 5.02 Å². The molecular formula is C13H16BrClFN3S. The summed E-state index contributed by atoms with van der Waals surface area (Å²) in [6.45, 7) is 1.58. The van der Waals surface area contributed by atoms with Crippen molar-refractivity contribution in [1.29, 1.82) is 0 Å². The molecule has 1 aromatic carbocycles. The van der Waals surface area contributed by atoms with Gasteiger partial charge in [-0.15, -0.1) is 17.0 Å². The molecule has 1 N–H and O–H groups in total.